The monoisotopic (exact) mass is 251 g/mol. The minimum Gasteiger partial charge on any atom is -0.404 e. The first-order chi connectivity index (χ1) is 8.47. The van der Waals surface area contributed by atoms with Crippen LogP contribution in [0.2, 0.25) is 0 Å². The molecule has 0 aromatic rings. The van der Waals surface area contributed by atoms with Gasteiger partial charge < -0.3 is 17.2 Å². The molecule has 1 aliphatic carbocycles. The molecule has 0 aromatic heterocycles. The standard InChI is InChI=1S/C12H21N5O/c1-7-4-2-3-5-9(7)17-10(11(14)15)8(6-13)12(16)18/h6-7,9H,2-5,13H2,1H3,(H3,14,15)(H2,16,18). The number of carbonyl (C=O) groups is 1. The largest absolute Gasteiger partial charge is 0.404 e. The highest BCUT2D eigenvalue weighted by Crippen LogP contribution is 2.26. The molecule has 6 heteroatoms. The number of rotatable bonds is 4. The van der Waals surface area contributed by atoms with Gasteiger partial charge in [-0.1, -0.05) is 19.8 Å². The van der Waals surface area contributed by atoms with Crippen LogP contribution in [0.1, 0.15) is 32.6 Å². The van der Waals surface area contributed by atoms with Crippen LogP contribution in [0.5, 0.6) is 0 Å². The van der Waals surface area contributed by atoms with Crippen molar-refractivity contribution < 1.29 is 4.79 Å². The van der Waals surface area contributed by atoms with Gasteiger partial charge in [-0.2, -0.15) is 0 Å². The van der Waals surface area contributed by atoms with Crippen LogP contribution in [-0.2, 0) is 4.79 Å². The summed E-state index contributed by atoms with van der Waals surface area (Å²) in [5, 5.41) is 7.51. The fraction of sp³-hybridized carbons (Fsp3) is 0.583. The van der Waals surface area contributed by atoms with Crippen LogP contribution in [0.25, 0.3) is 0 Å². The highest BCUT2D eigenvalue weighted by atomic mass is 16.1. The van der Waals surface area contributed by atoms with Gasteiger partial charge in [0.25, 0.3) is 5.91 Å². The predicted octanol–water partition coefficient (Wildman–Crippen LogP) is 0.270. The van der Waals surface area contributed by atoms with E-state index in [0.29, 0.717) is 5.92 Å². The zero-order valence-corrected chi connectivity index (χ0v) is 10.6. The van der Waals surface area contributed by atoms with Crippen molar-refractivity contribution in [2.24, 2.45) is 28.1 Å². The topological polar surface area (TPSA) is 131 Å². The molecule has 0 saturated heterocycles. The van der Waals surface area contributed by atoms with Gasteiger partial charge in [0, 0.05) is 6.20 Å². The van der Waals surface area contributed by atoms with Crippen LogP contribution in [0.3, 0.4) is 0 Å². The molecular formula is C12H21N5O. The van der Waals surface area contributed by atoms with E-state index in [0.717, 1.165) is 25.5 Å². The molecule has 6 nitrogen and oxygen atoms in total. The first kappa shape index (κ1) is 14.2. The Morgan fingerprint density at radius 3 is 2.39 bits per heavy atom. The maximum absolute atomic E-state index is 11.2. The summed E-state index contributed by atoms with van der Waals surface area (Å²) in [5.74, 6) is -0.571. The Balaban J connectivity index is 3.04. The van der Waals surface area contributed by atoms with Gasteiger partial charge >= 0.3 is 0 Å². The highest BCUT2D eigenvalue weighted by Gasteiger charge is 2.24. The van der Waals surface area contributed by atoms with E-state index < -0.39 is 5.91 Å². The molecule has 2 atom stereocenters. The zero-order valence-electron chi connectivity index (χ0n) is 10.6. The third-order valence-electron chi connectivity index (χ3n) is 3.30. The van der Waals surface area contributed by atoms with E-state index in [-0.39, 0.29) is 23.2 Å². The zero-order chi connectivity index (χ0) is 13.7. The van der Waals surface area contributed by atoms with Crippen LogP contribution >= 0.6 is 0 Å². The van der Waals surface area contributed by atoms with E-state index in [4.69, 9.17) is 22.6 Å². The van der Waals surface area contributed by atoms with E-state index in [1.54, 1.807) is 0 Å². The number of primary amides is 1. The fourth-order valence-electron chi connectivity index (χ4n) is 2.22. The SMILES string of the molecule is CC1CCCCC1N=C(C(=N)N)C(=CN)C(N)=O. The van der Waals surface area contributed by atoms with E-state index in [2.05, 4.69) is 11.9 Å². The molecule has 7 N–H and O–H groups in total. The predicted molar refractivity (Wildman–Crippen MR) is 72.2 cm³/mol. The number of nitrogens with two attached hydrogens (primary N) is 3. The molecule has 1 aliphatic rings. The van der Waals surface area contributed by atoms with Gasteiger partial charge in [0.2, 0.25) is 0 Å². The summed E-state index contributed by atoms with van der Waals surface area (Å²) >= 11 is 0. The first-order valence-electron chi connectivity index (χ1n) is 6.11. The molecule has 100 valence electrons. The van der Waals surface area contributed by atoms with Crippen molar-refractivity contribution >= 4 is 17.5 Å². The summed E-state index contributed by atoms with van der Waals surface area (Å²) in [7, 11) is 0. The van der Waals surface area contributed by atoms with Crippen LogP contribution in [0, 0.1) is 11.3 Å². The minimum absolute atomic E-state index is 0.0141. The molecule has 18 heavy (non-hydrogen) atoms. The van der Waals surface area contributed by atoms with Gasteiger partial charge in [-0.3, -0.25) is 15.2 Å². The number of carbonyl (C=O) groups excluding carboxylic acids is 1. The third kappa shape index (κ3) is 3.32. The lowest BCUT2D eigenvalue weighted by atomic mass is 9.86. The Bertz CT molecular complexity index is 399. The van der Waals surface area contributed by atoms with Gasteiger partial charge in [0.1, 0.15) is 11.5 Å². The lowest BCUT2D eigenvalue weighted by Crippen LogP contribution is -2.34. The number of hydrogen-bond donors (Lipinski definition) is 4. The lowest BCUT2D eigenvalue weighted by molar-refractivity contribution is -0.114. The van der Waals surface area contributed by atoms with Crippen molar-refractivity contribution in [3.63, 3.8) is 0 Å². The summed E-state index contributed by atoms with van der Waals surface area (Å²) < 4.78 is 0. The van der Waals surface area contributed by atoms with Crippen LogP contribution in [-0.4, -0.2) is 23.5 Å². The molecule has 0 aromatic carbocycles. The van der Waals surface area contributed by atoms with Crippen molar-refractivity contribution in [2.75, 3.05) is 0 Å². The van der Waals surface area contributed by atoms with E-state index in [9.17, 15) is 4.79 Å². The molecule has 0 bridgehead atoms. The van der Waals surface area contributed by atoms with E-state index in [1.165, 1.54) is 6.42 Å². The Labute approximate surface area is 107 Å². The Morgan fingerprint density at radius 2 is 1.94 bits per heavy atom. The van der Waals surface area contributed by atoms with Crippen molar-refractivity contribution in [1.82, 2.24) is 0 Å². The maximum atomic E-state index is 11.2. The maximum Gasteiger partial charge on any atom is 0.252 e. The van der Waals surface area contributed by atoms with Crippen molar-refractivity contribution in [2.45, 2.75) is 38.6 Å². The summed E-state index contributed by atoms with van der Waals surface area (Å²) in [4.78, 5) is 15.7. The lowest BCUT2D eigenvalue weighted by Gasteiger charge is -2.26. The second kappa shape index (κ2) is 6.18. The number of amides is 1. The molecule has 0 spiro atoms. The van der Waals surface area contributed by atoms with Crippen molar-refractivity contribution in [3.8, 4) is 0 Å². The van der Waals surface area contributed by atoms with Gasteiger partial charge in [-0.05, 0) is 18.8 Å². The molecule has 2 unspecified atom stereocenters. The fourth-order valence-corrected chi connectivity index (χ4v) is 2.22. The molecule has 1 saturated carbocycles. The molecular weight excluding hydrogens is 230 g/mol. The number of hydrogen-bond acceptors (Lipinski definition) is 4. The number of aliphatic imine (C=N–C) groups is 1. The van der Waals surface area contributed by atoms with Gasteiger partial charge in [-0.25, -0.2) is 0 Å². The third-order valence-corrected chi connectivity index (χ3v) is 3.30. The minimum atomic E-state index is -0.713. The molecule has 0 radical (unpaired) electrons. The normalized spacial score (nSPS) is 25.8. The Hall–Kier alpha value is -1.85. The smallest absolute Gasteiger partial charge is 0.252 e. The van der Waals surface area contributed by atoms with Crippen LogP contribution in [0.4, 0.5) is 0 Å². The summed E-state index contributed by atoms with van der Waals surface area (Å²) in [5.41, 5.74) is 16.2. The quantitative estimate of drug-likeness (QED) is 0.325. The van der Waals surface area contributed by atoms with E-state index >= 15 is 0 Å². The summed E-state index contributed by atoms with van der Waals surface area (Å²) in [6.45, 7) is 2.11. The summed E-state index contributed by atoms with van der Waals surface area (Å²) in [6, 6.07) is 0.0759. The number of nitrogens with zero attached hydrogens (tertiary/aromatic N) is 1. The van der Waals surface area contributed by atoms with Crippen LogP contribution in [0.15, 0.2) is 16.8 Å². The molecule has 1 amide bonds. The van der Waals surface area contributed by atoms with Crippen molar-refractivity contribution in [3.05, 3.63) is 11.8 Å². The number of nitrogens with one attached hydrogen (secondary N) is 1. The van der Waals surface area contributed by atoms with Crippen molar-refractivity contribution in [1.29, 1.82) is 5.41 Å². The molecule has 0 heterocycles. The second-order valence-electron chi connectivity index (χ2n) is 4.67. The second-order valence-corrected chi connectivity index (χ2v) is 4.67. The average molecular weight is 251 g/mol. The molecule has 1 fully saturated rings. The summed E-state index contributed by atoms with van der Waals surface area (Å²) in [6.07, 6.45) is 5.39. The average Bonchev–Trinajstić information content (AvgIpc) is 2.30. The Morgan fingerprint density at radius 1 is 1.33 bits per heavy atom. The first-order valence-corrected chi connectivity index (χ1v) is 6.11. The number of amidine groups is 1. The van der Waals surface area contributed by atoms with E-state index in [1.807, 2.05) is 0 Å². The van der Waals surface area contributed by atoms with Crippen LogP contribution < -0.4 is 17.2 Å². The van der Waals surface area contributed by atoms with Gasteiger partial charge in [-0.15, -0.1) is 0 Å². The van der Waals surface area contributed by atoms with Gasteiger partial charge in [0.05, 0.1) is 11.6 Å². The van der Waals surface area contributed by atoms with Gasteiger partial charge in [0.15, 0.2) is 0 Å². The molecule has 1 rings (SSSR count). The molecule has 0 aliphatic heterocycles. The highest BCUT2D eigenvalue weighted by molar-refractivity contribution is 6.51. The Kier molecular flexibility index (Phi) is 4.88.